The number of amides is 1. The molecule has 0 aliphatic heterocycles. The van der Waals surface area contributed by atoms with Crippen molar-refractivity contribution in [2.75, 3.05) is 20.1 Å². The Morgan fingerprint density at radius 1 is 1.56 bits per heavy atom. The van der Waals surface area contributed by atoms with Gasteiger partial charge in [-0.1, -0.05) is 6.07 Å². The zero-order valence-electron chi connectivity index (χ0n) is 10.5. The van der Waals surface area contributed by atoms with Crippen LogP contribution >= 0.6 is 11.3 Å². The average molecular weight is 270 g/mol. The van der Waals surface area contributed by atoms with Crippen molar-refractivity contribution in [1.82, 2.24) is 10.2 Å². The molecule has 1 atom stereocenters. The molecule has 0 saturated heterocycles. The molecule has 0 fully saturated rings. The van der Waals surface area contributed by atoms with Crippen molar-refractivity contribution < 1.29 is 14.7 Å². The Hall–Kier alpha value is -1.40. The molecule has 0 aliphatic rings. The number of thiophene rings is 1. The second-order valence-corrected chi connectivity index (χ2v) is 5.14. The molecular weight excluding hydrogens is 252 g/mol. The van der Waals surface area contributed by atoms with Gasteiger partial charge in [0.25, 0.3) is 0 Å². The first-order valence-electron chi connectivity index (χ1n) is 5.73. The maximum absolute atomic E-state index is 11.6. The van der Waals surface area contributed by atoms with Gasteiger partial charge in [0.15, 0.2) is 0 Å². The van der Waals surface area contributed by atoms with Gasteiger partial charge in [-0.15, -0.1) is 11.3 Å². The lowest BCUT2D eigenvalue weighted by molar-refractivity contribution is -0.142. The molecular formula is C12H18N2O3S. The summed E-state index contributed by atoms with van der Waals surface area (Å²) in [5.41, 5.74) is 0. The van der Waals surface area contributed by atoms with E-state index in [1.165, 1.54) is 9.78 Å². The molecule has 1 aromatic heterocycles. The lowest BCUT2D eigenvalue weighted by Gasteiger charge is -2.20. The lowest BCUT2D eigenvalue weighted by atomic mass is 10.3. The van der Waals surface area contributed by atoms with Crippen LogP contribution < -0.4 is 5.32 Å². The maximum Gasteiger partial charge on any atom is 0.320 e. The highest BCUT2D eigenvalue weighted by atomic mass is 32.1. The van der Waals surface area contributed by atoms with Crippen LogP contribution in [0.2, 0.25) is 0 Å². The maximum atomic E-state index is 11.6. The Balaban J connectivity index is 2.23. The van der Waals surface area contributed by atoms with E-state index in [9.17, 15) is 9.59 Å². The van der Waals surface area contributed by atoms with Gasteiger partial charge in [-0.2, -0.15) is 0 Å². The van der Waals surface area contributed by atoms with Crippen molar-refractivity contribution in [3.63, 3.8) is 0 Å². The predicted molar refractivity (Wildman–Crippen MR) is 70.8 cm³/mol. The number of rotatable bonds is 7. The number of hydrogen-bond donors (Lipinski definition) is 2. The highest BCUT2D eigenvalue weighted by Crippen LogP contribution is 2.07. The number of nitrogens with zero attached hydrogens (tertiary/aromatic N) is 1. The second kappa shape index (κ2) is 7.13. The highest BCUT2D eigenvalue weighted by molar-refractivity contribution is 7.09. The number of aliphatic carboxylic acids is 1. The lowest BCUT2D eigenvalue weighted by Crippen LogP contribution is -2.43. The molecule has 2 N–H and O–H groups in total. The molecule has 1 amide bonds. The van der Waals surface area contributed by atoms with Crippen molar-refractivity contribution in [2.24, 2.45) is 0 Å². The zero-order valence-corrected chi connectivity index (χ0v) is 11.4. The second-order valence-electron chi connectivity index (χ2n) is 4.11. The minimum atomic E-state index is -0.927. The van der Waals surface area contributed by atoms with Gasteiger partial charge in [0, 0.05) is 11.4 Å². The number of nitrogens with one attached hydrogen (secondary N) is 1. The fraction of sp³-hybridized carbons (Fsp3) is 0.500. The van der Waals surface area contributed by atoms with Gasteiger partial charge in [0.1, 0.15) is 6.04 Å². The molecule has 6 heteroatoms. The van der Waals surface area contributed by atoms with Gasteiger partial charge in [-0.25, -0.2) is 0 Å². The summed E-state index contributed by atoms with van der Waals surface area (Å²) in [5, 5.41) is 13.6. The largest absolute Gasteiger partial charge is 0.480 e. The minimum absolute atomic E-state index is 0.0951. The molecule has 100 valence electrons. The standard InChI is InChI=1S/C12H18N2O3S/c1-9(12(16)17)14(2)8-11(15)13-6-5-10-4-3-7-18-10/h3-4,7,9H,5-6,8H2,1-2H3,(H,13,15)(H,16,17). The van der Waals surface area contributed by atoms with Crippen molar-refractivity contribution in [3.8, 4) is 0 Å². The van der Waals surface area contributed by atoms with Crippen LogP contribution in [0.25, 0.3) is 0 Å². The van der Waals surface area contributed by atoms with Crippen LogP contribution in [0.15, 0.2) is 17.5 Å². The Labute approximate surface area is 110 Å². The summed E-state index contributed by atoms with van der Waals surface area (Å²) in [6.45, 7) is 2.23. The summed E-state index contributed by atoms with van der Waals surface area (Å²) in [7, 11) is 1.62. The van der Waals surface area contributed by atoms with Crippen molar-refractivity contribution in [2.45, 2.75) is 19.4 Å². The molecule has 1 unspecified atom stereocenters. The molecule has 5 nitrogen and oxygen atoms in total. The molecule has 0 saturated carbocycles. The average Bonchev–Trinajstić information content (AvgIpc) is 2.80. The third kappa shape index (κ3) is 4.85. The molecule has 1 heterocycles. The molecule has 0 bridgehead atoms. The predicted octanol–water partition coefficient (Wildman–Crippen LogP) is 0.812. The SMILES string of the molecule is CC(C(=O)O)N(C)CC(=O)NCCc1cccs1. The Kier molecular flexibility index (Phi) is 5.80. The number of carbonyl (C=O) groups excluding carboxylic acids is 1. The summed E-state index contributed by atoms with van der Waals surface area (Å²) >= 11 is 1.66. The molecule has 0 radical (unpaired) electrons. The topological polar surface area (TPSA) is 69.6 Å². The van der Waals surface area contributed by atoms with Gasteiger partial charge in [-0.05, 0) is 31.8 Å². The van der Waals surface area contributed by atoms with E-state index < -0.39 is 12.0 Å². The number of carbonyl (C=O) groups is 2. The summed E-state index contributed by atoms with van der Waals surface area (Å²) in [6.07, 6.45) is 0.807. The fourth-order valence-electron chi connectivity index (χ4n) is 1.39. The van der Waals surface area contributed by atoms with Crippen LogP contribution in [0.4, 0.5) is 0 Å². The van der Waals surface area contributed by atoms with Crippen LogP contribution in [0, 0.1) is 0 Å². The third-order valence-electron chi connectivity index (χ3n) is 2.69. The quantitative estimate of drug-likeness (QED) is 0.769. The molecule has 0 aromatic carbocycles. The Morgan fingerprint density at radius 3 is 2.83 bits per heavy atom. The van der Waals surface area contributed by atoms with E-state index in [4.69, 9.17) is 5.11 Å². The number of carboxylic acid groups (broad SMARTS) is 1. The molecule has 1 aromatic rings. The summed E-state index contributed by atoms with van der Waals surface area (Å²) in [5.74, 6) is -1.08. The summed E-state index contributed by atoms with van der Waals surface area (Å²) in [6, 6.07) is 3.34. The van der Waals surface area contributed by atoms with E-state index in [1.54, 1.807) is 25.3 Å². The van der Waals surface area contributed by atoms with Gasteiger partial charge in [0.2, 0.25) is 5.91 Å². The first-order valence-corrected chi connectivity index (χ1v) is 6.61. The summed E-state index contributed by atoms with van der Waals surface area (Å²) in [4.78, 5) is 25.0. The molecule has 18 heavy (non-hydrogen) atoms. The van der Waals surface area contributed by atoms with Crippen molar-refractivity contribution in [3.05, 3.63) is 22.4 Å². The molecule has 1 rings (SSSR count). The normalized spacial score (nSPS) is 12.4. The van der Waals surface area contributed by atoms with E-state index >= 15 is 0 Å². The van der Waals surface area contributed by atoms with E-state index in [0.717, 1.165) is 6.42 Å². The number of carboxylic acids is 1. The van der Waals surface area contributed by atoms with Gasteiger partial charge in [-0.3, -0.25) is 14.5 Å². The van der Waals surface area contributed by atoms with Crippen LogP contribution in [-0.2, 0) is 16.0 Å². The van der Waals surface area contributed by atoms with E-state index in [1.807, 2.05) is 17.5 Å². The van der Waals surface area contributed by atoms with Gasteiger partial charge >= 0.3 is 5.97 Å². The minimum Gasteiger partial charge on any atom is -0.480 e. The summed E-state index contributed by atoms with van der Waals surface area (Å²) < 4.78 is 0. The third-order valence-corrected chi connectivity index (χ3v) is 3.62. The number of likely N-dealkylation sites (N-methyl/N-ethyl adjacent to an activating group) is 1. The zero-order chi connectivity index (χ0) is 13.5. The van der Waals surface area contributed by atoms with Crippen LogP contribution in [0.1, 0.15) is 11.8 Å². The Morgan fingerprint density at radius 2 is 2.28 bits per heavy atom. The first-order chi connectivity index (χ1) is 8.50. The van der Waals surface area contributed by atoms with E-state index in [-0.39, 0.29) is 12.5 Å². The Bertz CT molecular complexity index is 392. The van der Waals surface area contributed by atoms with E-state index in [2.05, 4.69) is 5.32 Å². The first kappa shape index (κ1) is 14.7. The fourth-order valence-corrected chi connectivity index (χ4v) is 2.10. The highest BCUT2D eigenvalue weighted by Gasteiger charge is 2.18. The smallest absolute Gasteiger partial charge is 0.320 e. The molecule has 0 aliphatic carbocycles. The van der Waals surface area contributed by atoms with Gasteiger partial charge in [0.05, 0.1) is 6.54 Å². The van der Waals surface area contributed by atoms with E-state index in [0.29, 0.717) is 6.54 Å². The van der Waals surface area contributed by atoms with Crippen molar-refractivity contribution in [1.29, 1.82) is 0 Å². The van der Waals surface area contributed by atoms with Gasteiger partial charge < -0.3 is 10.4 Å². The van der Waals surface area contributed by atoms with Crippen molar-refractivity contribution >= 4 is 23.2 Å². The monoisotopic (exact) mass is 270 g/mol. The number of hydrogen-bond acceptors (Lipinski definition) is 4. The van der Waals surface area contributed by atoms with Crippen LogP contribution in [-0.4, -0.2) is 48.1 Å². The van der Waals surface area contributed by atoms with Crippen LogP contribution in [0.3, 0.4) is 0 Å². The van der Waals surface area contributed by atoms with Crippen LogP contribution in [0.5, 0.6) is 0 Å². The molecule has 0 spiro atoms.